The fourth-order valence-corrected chi connectivity index (χ4v) is 3.25. The molecule has 108 valence electrons. The average molecular weight is 325 g/mol. The van der Waals surface area contributed by atoms with E-state index in [2.05, 4.69) is 10.0 Å². The van der Waals surface area contributed by atoms with Crippen LogP contribution in [-0.2, 0) is 10.0 Å². The summed E-state index contributed by atoms with van der Waals surface area (Å²) in [5.74, 6) is 0. The van der Waals surface area contributed by atoms with E-state index in [1.807, 2.05) is 13.8 Å². The number of nitrogens with one attached hydrogen (secondary N) is 2. The van der Waals surface area contributed by atoms with Gasteiger partial charge in [-0.2, -0.15) is 0 Å². The van der Waals surface area contributed by atoms with Crippen LogP contribution in [-0.4, -0.2) is 27.5 Å². The zero-order chi connectivity index (χ0) is 14.5. The molecule has 0 radical (unpaired) electrons. The zero-order valence-electron chi connectivity index (χ0n) is 10.9. The Morgan fingerprint density at radius 2 is 1.68 bits per heavy atom. The summed E-state index contributed by atoms with van der Waals surface area (Å²) in [6.45, 7) is 5.21. The third kappa shape index (κ3) is 6.10. The van der Waals surface area contributed by atoms with Gasteiger partial charge < -0.3 is 5.32 Å². The molecule has 0 saturated carbocycles. The predicted molar refractivity (Wildman–Crippen MR) is 79.4 cm³/mol. The molecule has 0 saturated heterocycles. The first-order valence-electron chi connectivity index (χ1n) is 6.00. The summed E-state index contributed by atoms with van der Waals surface area (Å²) in [4.78, 5) is 0.0850. The molecule has 19 heavy (non-hydrogen) atoms. The van der Waals surface area contributed by atoms with Crippen molar-refractivity contribution in [3.63, 3.8) is 0 Å². The van der Waals surface area contributed by atoms with E-state index in [4.69, 9.17) is 23.2 Å². The first-order valence-corrected chi connectivity index (χ1v) is 8.24. The molecule has 0 aliphatic carbocycles. The van der Waals surface area contributed by atoms with Crippen molar-refractivity contribution >= 4 is 33.2 Å². The molecule has 0 aliphatic rings. The van der Waals surface area contributed by atoms with Crippen LogP contribution in [0.2, 0.25) is 10.0 Å². The Kier molecular flexibility index (Phi) is 6.56. The minimum atomic E-state index is -3.55. The quantitative estimate of drug-likeness (QED) is 0.758. The third-order valence-corrected chi connectivity index (χ3v) is 4.22. The van der Waals surface area contributed by atoms with Gasteiger partial charge in [-0.05, 0) is 31.2 Å². The van der Waals surface area contributed by atoms with Gasteiger partial charge in [-0.15, -0.1) is 0 Å². The Labute approximate surface area is 124 Å². The van der Waals surface area contributed by atoms with Crippen molar-refractivity contribution in [3.8, 4) is 0 Å². The monoisotopic (exact) mass is 324 g/mol. The van der Waals surface area contributed by atoms with Crippen LogP contribution in [0.3, 0.4) is 0 Å². The summed E-state index contributed by atoms with van der Waals surface area (Å²) in [7, 11) is -3.55. The molecule has 0 bridgehead atoms. The second-order valence-electron chi connectivity index (χ2n) is 4.47. The van der Waals surface area contributed by atoms with Crippen LogP contribution in [0.1, 0.15) is 20.3 Å². The standard InChI is InChI=1S/C12H18Cl2N2O2S/c1-9(2)15-4-3-5-16-19(17,18)12-7-10(13)6-11(14)8-12/h6-9,15-16H,3-5H2,1-2H3. The van der Waals surface area contributed by atoms with Crippen molar-refractivity contribution in [1.82, 2.24) is 10.0 Å². The Hall–Kier alpha value is -0.330. The van der Waals surface area contributed by atoms with Crippen molar-refractivity contribution in [2.24, 2.45) is 0 Å². The lowest BCUT2D eigenvalue weighted by molar-refractivity contribution is 0.554. The van der Waals surface area contributed by atoms with E-state index < -0.39 is 10.0 Å². The van der Waals surface area contributed by atoms with Gasteiger partial charge in [-0.3, -0.25) is 0 Å². The molecule has 0 aliphatic heterocycles. The van der Waals surface area contributed by atoms with Crippen molar-refractivity contribution in [2.75, 3.05) is 13.1 Å². The fraction of sp³-hybridized carbons (Fsp3) is 0.500. The zero-order valence-corrected chi connectivity index (χ0v) is 13.2. The highest BCUT2D eigenvalue weighted by Crippen LogP contribution is 2.22. The number of halogens is 2. The van der Waals surface area contributed by atoms with Crippen LogP contribution in [0.5, 0.6) is 0 Å². The maximum Gasteiger partial charge on any atom is 0.240 e. The topological polar surface area (TPSA) is 58.2 Å². The normalized spacial score (nSPS) is 12.1. The number of rotatable bonds is 7. The van der Waals surface area contributed by atoms with Gasteiger partial charge >= 0.3 is 0 Å². The lowest BCUT2D eigenvalue weighted by Crippen LogP contribution is -2.29. The molecule has 4 nitrogen and oxygen atoms in total. The van der Waals surface area contributed by atoms with E-state index in [-0.39, 0.29) is 4.90 Å². The molecule has 0 aromatic heterocycles. The smallest absolute Gasteiger partial charge is 0.240 e. The van der Waals surface area contributed by atoms with E-state index in [9.17, 15) is 8.42 Å². The van der Waals surface area contributed by atoms with Gasteiger partial charge in [-0.1, -0.05) is 37.0 Å². The maximum absolute atomic E-state index is 12.0. The number of hydrogen-bond donors (Lipinski definition) is 2. The van der Waals surface area contributed by atoms with Crippen molar-refractivity contribution in [1.29, 1.82) is 0 Å². The van der Waals surface area contributed by atoms with Crippen molar-refractivity contribution in [3.05, 3.63) is 28.2 Å². The van der Waals surface area contributed by atoms with Gasteiger partial charge in [0, 0.05) is 22.6 Å². The molecule has 0 heterocycles. The van der Waals surface area contributed by atoms with Crippen LogP contribution in [0.25, 0.3) is 0 Å². The summed E-state index contributed by atoms with van der Waals surface area (Å²) in [5.41, 5.74) is 0. The Morgan fingerprint density at radius 3 is 2.21 bits per heavy atom. The number of hydrogen-bond acceptors (Lipinski definition) is 3. The van der Waals surface area contributed by atoms with Gasteiger partial charge in [0.25, 0.3) is 0 Å². The Bertz CT molecular complexity index is 498. The second kappa shape index (κ2) is 7.45. The van der Waals surface area contributed by atoms with E-state index >= 15 is 0 Å². The molecular formula is C12H18Cl2N2O2S. The van der Waals surface area contributed by atoms with E-state index in [1.165, 1.54) is 18.2 Å². The van der Waals surface area contributed by atoms with E-state index in [1.54, 1.807) is 0 Å². The molecule has 1 aromatic rings. The Balaban J connectivity index is 2.56. The lowest BCUT2D eigenvalue weighted by Gasteiger charge is -2.09. The van der Waals surface area contributed by atoms with Crippen LogP contribution in [0.15, 0.2) is 23.1 Å². The molecule has 7 heteroatoms. The van der Waals surface area contributed by atoms with Gasteiger partial charge in [0.2, 0.25) is 10.0 Å². The maximum atomic E-state index is 12.0. The summed E-state index contributed by atoms with van der Waals surface area (Å²) in [6, 6.07) is 4.64. The number of benzene rings is 1. The largest absolute Gasteiger partial charge is 0.314 e. The first kappa shape index (κ1) is 16.7. The molecule has 1 rings (SSSR count). The lowest BCUT2D eigenvalue weighted by atomic mass is 10.3. The van der Waals surface area contributed by atoms with Crippen molar-refractivity contribution in [2.45, 2.75) is 31.2 Å². The van der Waals surface area contributed by atoms with Gasteiger partial charge in [0.05, 0.1) is 4.90 Å². The van der Waals surface area contributed by atoms with E-state index in [0.29, 0.717) is 29.1 Å². The summed E-state index contributed by atoms with van der Waals surface area (Å²) in [6.07, 6.45) is 0.714. The molecular weight excluding hydrogens is 307 g/mol. The van der Waals surface area contributed by atoms with Crippen LogP contribution in [0.4, 0.5) is 0 Å². The molecule has 0 amide bonds. The summed E-state index contributed by atoms with van der Waals surface area (Å²) in [5, 5.41) is 3.81. The molecule has 0 unspecified atom stereocenters. The molecule has 0 atom stereocenters. The predicted octanol–water partition coefficient (Wildman–Crippen LogP) is 2.66. The number of sulfonamides is 1. The van der Waals surface area contributed by atoms with Crippen molar-refractivity contribution < 1.29 is 8.42 Å². The van der Waals surface area contributed by atoms with Crippen LogP contribution < -0.4 is 10.0 Å². The molecule has 2 N–H and O–H groups in total. The third-order valence-electron chi connectivity index (χ3n) is 2.34. The SMILES string of the molecule is CC(C)NCCCNS(=O)(=O)c1cc(Cl)cc(Cl)c1. The van der Waals surface area contributed by atoms with Gasteiger partial charge in [-0.25, -0.2) is 13.1 Å². The average Bonchev–Trinajstić information content (AvgIpc) is 2.26. The first-order chi connectivity index (χ1) is 8.81. The minimum Gasteiger partial charge on any atom is -0.314 e. The summed E-state index contributed by atoms with van der Waals surface area (Å²) >= 11 is 11.6. The highest BCUT2D eigenvalue weighted by molar-refractivity contribution is 7.89. The minimum absolute atomic E-state index is 0.0850. The summed E-state index contributed by atoms with van der Waals surface area (Å²) < 4.78 is 26.5. The highest BCUT2D eigenvalue weighted by Gasteiger charge is 2.14. The molecule has 0 spiro atoms. The molecule has 0 fully saturated rings. The van der Waals surface area contributed by atoms with Crippen LogP contribution in [0, 0.1) is 0 Å². The second-order valence-corrected chi connectivity index (χ2v) is 7.11. The highest BCUT2D eigenvalue weighted by atomic mass is 35.5. The molecule has 1 aromatic carbocycles. The fourth-order valence-electron chi connectivity index (χ4n) is 1.45. The van der Waals surface area contributed by atoms with Gasteiger partial charge in [0.15, 0.2) is 0 Å². The Morgan fingerprint density at radius 1 is 1.11 bits per heavy atom. The van der Waals surface area contributed by atoms with Crippen LogP contribution >= 0.6 is 23.2 Å². The van der Waals surface area contributed by atoms with E-state index in [0.717, 1.165) is 6.54 Å². The van der Waals surface area contributed by atoms with Gasteiger partial charge in [0.1, 0.15) is 0 Å².